The van der Waals surface area contributed by atoms with Gasteiger partial charge in [-0.25, -0.2) is 0 Å². The number of rotatable bonds is 32. The number of hydrogen-bond donors (Lipinski definition) is 0. The van der Waals surface area contributed by atoms with Crippen molar-refractivity contribution in [3.8, 4) is 23.0 Å². The Labute approximate surface area is 448 Å². The van der Waals surface area contributed by atoms with E-state index in [2.05, 4.69) is 210 Å². The van der Waals surface area contributed by atoms with Gasteiger partial charge in [0.15, 0.2) is 0 Å². The van der Waals surface area contributed by atoms with Crippen LogP contribution in [0.2, 0.25) is 0 Å². The van der Waals surface area contributed by atoms with Crippen LogP contribution in [-0.4, -0.2) is 26.4 Å². The minimum Gasteiger partial charge on any atom is -0.493 e. The summed E-state index contributed by atoms with van der Waals surface area (Å²) in [6.07, 6.45) is 36.2. The van der Waals surface area contributed by atoms with Gasteiger partial charge in [0.05, 0.1) is 26.4 Å². The molecular formula is C70H88O4. The average molecular weight is 993 g/mol. The molecule has 4 heteroatoms. The molecule has 6 aromatic carbocycles. The van der Waals surface area contributed by atoms with Gasteiger partial charge >= 0.3 is 0 Å². The summed E-state index contributed by atoms with van der Waals surface area (Å²) in [5.74, 6) is 3.74. The molecule has 0 aliphatic heterocycles. The van der Waals surface area contributed by atoms with Crippen LogP contribution in [0.1, 0.15) is 173 Å². The Morgan fingerprint density at radius 2 is 0.649 bits per heavy atom. The second-order valence-corrected chi connectivity index (χ2v) is 19.4. The number of unbranched alkanes of at least 4 members (excludes halogenated alkanes) is 10. The Balaban J connectivity index is 0.000000275. The lowest BCUT2D eigenvalue weighted by molar-refractivity contribution is 0.294. The molecule has 0 atom stereocenters. The molecule has 74 heavy (non-hydrogen) atoms. The topological polar surface area (TPSA) is 36.9 Å². The second kappa shape index (κ2) is 35.6. The number of aryl methyl sites for hydroxylation is 4. The third kappa shape index (κ3) is 22.7. The van der Waals surface area contributed by atoms with E-state index in [9.17, 15) is 0 Å². The quantitative estimate of drug-likeness (QED) is 0.0312. The Hall–Kier alpha value is -6.52. The van der Waals surface area contributed by atoms with Gasteiger partial charge in [-0.1, -0.05) is 236 Å². The van der Waals surface area contributed by atoms with E-state index in [1.165, 1.54) is 92.0 Å². The highest BCUT2D eigenvalue weighted by molar-refractivity contribution is 5.75. The van der Waals surface area contributed by atoms with Crippen LogP contribution in [0.15, 0.2) is 146 Å². The third-order valence-electron chi connectivity index (χ3n) is 13.0. The van der Waals surface area contributed by atoms with Gasteiger partial charge in [0.25, 0.3) is 0 Å². The summed E-state index contributed by atoms with van der Waals surface area (Å²) in [5.41, 5.74) is 11.8. The minimum absolute atomic E-state index is 0.671. The van der Waals surface area contributed by atoms with Gasteiger partial charge in [-0.3, -0.25) is 0 Å². The molecule has 0 saturated heterocycles. The fraction of sp³-hybridized carbons (Fsp3) is 0.371. The molecule has 0 heterocycles. The molecule has 0 spiro atoms. The number of ether oxygens (including phenoxy) is 4. The lowest BCUT2D eigenvalue weighted by atomic mass is 10.1. The van der Waals surface area contributed by atoms with Crippen molar-refractivity contribution < 1.29 is 18.9 Å². The minimum atomic E-state index is 0.671. The summed E-state index contributed by atoms with van der Waals surface area (Å²) in [7, 11) is 0. The van der Waals surface area contributed by atoms with Crippen LogP contribution in [0.5, 0.6) is 23.0 Å². The van der Waals surface area contributed by atoms with Crippen LogP contribution >= 0.6 is 0 Å². The number of benzene rings is 6. The van der Waals surface area contributed by atoms with Crippen LogP contribution in [0, 0.1) is 13.8 Å². The van der Waals surface area contributed by atoms with Crippen molar-refractivity contribution in [1.82, 2.24) is 0 Å². The highest BCUT2D eigenvalue weighted by atomic mass is 16.5. The molecule has 0 fully saturated rings. The van der Waals surface area contributed by atoms with Crippen molar-refractivity contribution >= 4 is 36.5 Å². The standard InChI is InChI=1S/C36H38O2.C34H50O2/c1-3-12-30-19-21-33(22-20-30)23-24-34-28-35(37-25-10-17-31-13-6-4-7-14-31)29(2)27-36(34)38-26-11-18-32-15-8-5-9-16-32;1-5-8-10-12-14-16-25-35-33-28-32(24-23-31-21-19-30(18-7-3)20-22-31)34(27-29(33)4)36-26-17-15-13-11-9-6-2/h3-9,12-16,19-24,27-28H,10-11,17-18,25-26H2,1-2H3;7,18-24,27-28H,5-6,8-17,25-26H2,1-4H3. The van der Waals surface area contributed by atoms with E-state index < -0.39 is 0 Å². The summed E-state index contributed by atoms with van der Waals surface area (Å²) in [6.45, 7) is 15.7. The molecule has 0 amide bonds. The van der Waals surface area contributed by atoms with E-state index in [4.69, 9.17) is 18.9 Å². The van der Waals surface area contributed by atoms with Crippen molar-refractivity contribution in [2.75, 3.05) is 26.4 Å². The predicted molar refractivity (Wildman–Crippen MR) is 321 cm³/mol. The SMILES string of the molecule is CC=Cc1ccc(C=Cc2cc(OCCCCCCCC)c(C)cc2OCCCCCCCC)cc1.CC=Cc1ccc(C=Cc2cc(OCCCc3ccccc3)c(C)cc2OCCCc2ccccc2)cc1. The summed E-state index contributed by atoms with van der Waals surface area (Å²) < 4.78 is 25.0. The largest absolute Gasteiger partial charge is 0.493 e. The molecule has 0 aliphatic carbocycles. The highest BCUT2D eigenvalue weighted by Gasteiger charge is 2.11. The van der Waals surface area contributed by atoms with Crippen LogP contribution in [0.4, 0.5) is 0 Å². The van der Waals surface area contributed by atoms with Gasteiger partial charge in [-0.2, -0.15) is 0 Å². The maximum Gasteiger partial charge on any atom is 0.127 e. The van der Waals surface area contributed by atoms with Crippen molar-refractivity contribution in [1.29, 1.82) is 0 Å². The first kappa shape index (κ1) is 58.4. The lowest BCUT2D eigenvalue weighted by Gasteiger charge is -2.15. The summed E-state index contributed by atoms with van der Waals surface area (Å²) >= 11 is 0. The Morgan fingerprint density at radius 3 is 1.01 bits per heavy atom. The summed E-state index contributed by atoms with van der Waals surface area (Å²) in [5, 5.41) is 0. The summed E-state index contributed by atoms with van der Waals surface area (Å²) in [6, 6.07) is 46.9. The first-order valence-electron chi connectivity index (χ1n) is 28.1. The smallest absolute Gasteiger partial charge is 0.127 e. The molecule has 0 saturated carbocycles. The molecule has 0 radical (unpaired) electrons. The molecule has 0 aliphatic rings. The maximum atomic E-state index is 6.30. The van der Waals surface area contributed by atoms with Gasteiger partial charge in [0, 0.05) is 11.1 Å². The zero-order valence-corrected chi connectivity index (χ0v) is 46.1. The fourth-order valence-corrected chi connectivity index (χ4v) is 8.70. The monoisotopic (exact) mass is 993 g/mol. The van der Waals surface area contributed by atoms with Crippen LogP contribution in [0.25, 0.3) is 36.5 Å². The van der Waals surface area contributed by atoms with Gasteiger partial charge < -0.3 is 18.9 Å². The van der Waals surface area contributed by atoms with Gasteiger partial charge in [0.2, 0.25) is 0 Å². The van der Waals surface area contributed by atoms with E-state index in [0.717, 1.165) is 103 Å². The lowest BCUT2D eigenvalue weighted by Crippen LogP contribution is -2.04. The van der Waals surface area contributed by atoms with E-state index in [-0.39, 0.29) is 0 Å². The second-order valence-electron chi connectivity index (χ2n) is 19.4. The zero-order valence-electron chi connectivity index (χ0n) is 46.1. The number of hydrogen-bond acceptors (Lipinski definition) is 4. The molecule has 4 nitrogen and oxygen atoms in total. The van der Waals surface area contributed by atoms with Crippen LogP contribution in [0.3, 0.4) is 0 Å². The van der Waals surface area contributed by atoms with Crippen molar-refractivity contribution in [2.24, 2.45) is 0 Å². The Bertz CT molecular complexity index is 2550. The van der Waals surface area contributed by atoms with Gasteiger partial charge in [-0.05, 0) is 135 Å². The number of allylic oxidation sites excluding steroid dienone is 2. The average Bonchev–Trinajstić information content (AvgIpc) is 3.42. The van der Waals surface area contributed by atoms with E-state index in [1.54, 1.807) is 0 Å². The Kier molecular flexibility index (Phi) is 28.1. The van der Waals surface area contributed by atoms with E-state index >= 15 is 0 Å². The fourth-order valence-electron chi connectivity index (χ4n) is 8.70. The normalized spacial score (nSPS) is 11.4. The first-order chi connectivity index (χ1) is 36.4. The van der Waals surface area contributed by atoms with Crippen LogP contribution in [-0.2, 0) is 12.8 Å². The van der Waals surface area contributed by atoms with E-state index in [0.29, 0.717) is 13.2 Å². The third-order valence-corrected chi connectivity index (χ3v) is 13.0. The molecule has 0 bridgehead atoms. The predicted octanol–water partition coefficient (Wildman–Crippen LogP) is 19.9. The molecule has 392 valence electrons. The first-order valence-corrected chi connectivity index (χ1v) is 28.1. The molecule has 0 aromatic heterocycles. The molecule has 6 aromatic rings. The van der Waals surface area contributed by atoms with Crippen molar-refractivity contribution in [3.63, 3.8) is 0 Å². The zero-order chi connectivity index (χ0) is 52.3. The molecule has 0 unspecified atom stereocenters. The molecule has 0 N–H and O–H groups in total. The maximum absolute atomic E-state index is 6.30. The van der Waals surface area contributed by atoms with Crippen molar-refractivity contribution in [2.45, 2.75) is 144 Å². The van der Waals surface area contributed by atoms with Crippen molar-refractivity contribution in [3.05, 3.63) is 201 Å². The molecule has 6 rings (SSSR count). The van der Waals surface area contributed by atoms with Crippen LogP contribution < -0.4 is 18.9 Å². The highest BCUT2D eigenvalue weighted by Crippen LogP contribution is 2.33. The summed E-state index contributed by atoms with van der Waals surface area (Å²) in [4.78, 5) is 0. The van der Waals surface area contributed by atoms with E-state index in [1.807, 2.05) is 13.8 Å². The van der Waals surface area contributed by atoms with Gasteiger partial charge in [0.1, 0.15) is 23.0 Å². The van der Waals surface area contributed by atoms with Gasteiger partial charge in [-0.15, -0.1) is 0 Å². The Morgan fingerprint density at radius 1 is 0.324 bits per heavy atom. The molecular weight excluding hydrogens is 905 g/mol.